The highest BCUT2D eigenvalue weighted by Crippen LogP contribution is 2.18. The number of imide groups is 1. The first-order valence-electron chi connectivity index (χ1n) is 11.8. The summed E-state index contributed by atoms with van der Waals surface area (Å²) in [7, 11) is 0. The Labute approximate surface area is 185 Å². The molecule has 2 aliphatic rings. The molecule has 1 aromatic carbocycles. The lowest BCUT2D eigenvalue weighted by Gasteiger charge is -2.22. The van der Waals surface area contributed by atoms with Crippen molar-refractivity contribution in [1.29, 1.82) is 0 Å². The number of amides is 3. The summed E-state index contributed by atoms with van der Waals surface area (Å²) >= 11 is 0. The molecule has 1 aliphatic carbocycles. The SMILES string of the molecule is O=C1CCC(Nc2ccc(NC(=O)CCCCCCNC3CCCCC3)cc2)C(=O)N1. The van der Waals surface area contributed by atoms with Gasteiger partial charge in [0.1, 0.15) is 6.04 Å². The number of nitrogens with one attached hydrogen (secondary N) is 4. The van der Waals surface area contributed by atoms with Crippen molar-refractivity contribution in [3.63, 3.8) is 0 Å². The molecule has 7 heteroatoms. The van der Waals surface area contributed by atoms with E-state index in [1.807, 2.05) is 24.3 Å². The molecule has 0 spiro atoms. The first kappa shape index (κ1) is 23.3. The van der Waals surface area contributed by atoms with Crippen LogP contribution in [0.1, 0.15) is 77.0 Å². The highest BCUT2D eigenvalue weighted by Gasteiger charge is 2.26. The second-order valence-electron chi connectivity index (χ2n) is 8.73. The molecule has 1 aliphatic heterocycles. The van der Waals surface area contributed by atoms with Gasteiger partial charge in [-0.2, -0.15) is 0 Å². The lowest BCUT2D eigenvalue weighted by atomic mass is 9.95. The predicted octanol–water partition coefficient (Wildman–Crippen LogP) is 3.72. The van der Waals surface area contributed by atoms with Gasteiger partial charge in [-0.3, -0.25) is 19.7 Å². The Morgan fingerprint density at radius 2 is 1.61 bits per heavy atom. The Bertz CT molecular complexity index is 729. The van der Waals surface area contributed by atoms with Crippen LogP contribution >= 0.6 is 0 Å². The van der Waals surface area contributed by atoms with Gasteiger partial charge in [-0.1, -0.05) is 32.1 Å². The smallest absolute Gasteiger partial charge is 0.249 e. The van der Waals surface area contributed by atoms with Gasteiger partial charge < -0.3 is 16.0 Å². The summed E-state index contributed by atoms with van der Waals surface area (Å²) in [6, 6.07) is 7.63. The van der Waals surface area contributed by atoms with Crippen LogP contribution in [0.25, 0.3) is 0 Å². The number of carbonyl (C=O) groups excluding carboxylic acids is 3. The third-order valence-corrected chi connectivity index (χ3v) is 6.12. The summed E-state index contributed by atoms with van der Waals surface area (Å²) in [6.07, 6.45) is 12.5. The lowest BCUT2D eigenvalue weighted by Crippen LogP contribution is -2.47. The van der Waals surface area contributed by atoms with Gasteiger partial charge in [0.25, 0.3) is 0 Å². The number of benzene rings is 1. The first-order valence-corrected chi connectivity index (χ1v) is 11.8. The monoisotopic (exact) mass is 428 g/mol. The standard InChI is InChI=1S/C24H36N4O3/c29-22(10-6-1-2-7-17-25-18-8-4-3-5-9-18)27-20-13-11-19(12-14-20)26-21-15-16-23(30)28-24(21)31/h11-14,18,21,25-26H,1-10,15-17H2,(H,27,29)(H,28,30,31). The Balaban J connectivity index is 1.25. The molecule has 1 aromatic rings. The molecule has 3 amide bonds. The van der Waals surface area contributed by atoms with Crippen molar-refractivity contribution in [3.8, 4) is 0 Å². The van der Waals surface area contributed by atoms with E-state index in [9.17, 15) is 14.4 Å². The van der Waals surface area contributed by atoms with E-state index in [-0.39, 0.29) is 17.7 Å². The van der Waals surface area contributed by atoms with Crippen LogP contribution in [-0.2, 0) is 14.4 Å². The molecule has 1 unspecified atom stereocenters. The fraction of sp³-hybridized carbons (Fsp3) is 0.625. The number of hydrogen-bond acceptors (Lipinski definition) is 5. The van der Waals surface area contributed by atoms with E-state index in [4.69, 9.17) is 0 Å². The average Bonchev–Trinajstić information content (AvgIpc) is 2.77. The second-order valence-corrected chi connectivity index (χ2v) is 8.73. The Morgan fingerprint density at radius 3 is 2.35 bits per heavy atom. The second kappa shape index (κ2) is 12.4. The molecule has 3 rings (SSSR count). The molecule has 1 atom stereocenters. The molecule has 2 fully saturated rings. The fourth-order valence-corrected chi connectivity index (χ4v) is 4.28. The van der Waals surface area contributed by atoms with Crippen molar-refractivity contribution < 1.29 is 14.4 Å². The van der Waals surface area contributed by atoms with Gasteiger partial charge >= 0.3 is 0 Å². The molecule has 0 bridgehead atoms. The number of carbonyl (C=O) groups is 3. The van der Waals surface area contributed by atoms with E-state index in [1.54, 1.807) is 0 Å². The zero-order valence-corrected chi connectivity index (χ0v) is 18.4. The van der Waals surface area contributed by atoms with Gasteiger partial charge in [-0.05, 0) is 62.9 Å². The molecule has 1 saturated carbocycles. The van der Waals surface area contributed by atoms with E-state index in [0.29, 0.717) is 19.3 Å². The van der Waals surface area contributed by atoms with Gasteiger partial charge in [0, 0.05) is 30.3 Å². The summed E-state index contributed by atoms with van der Waals surface area (Å²) in [4.78, 5) is 35.2. The van der Waals surface area contributed by atoms with Crippen LogP contribution in [0.5, 0.6) is 0 Å². The number of rotatable bonds is 11. The minimum absolute atomic E-state index is 0.0335. The number of anilines is 2. The molecular formula is C24H36N4O3. The first-order chi connectivity index (χ1) is 15.1. The molecule has 170 valence electrons. The van der Waals surface area contributed by atoms with E-state index in [2.05, 4.69) is 21.3 Å². The molecule has 0 radical (unpaired) electrons. The van der Waals surface area contributed by atoms with Gasteiger partial charge in [-0.25, -0.2) is 0 Å². The number of hydrogen-bond donors (Lipinski definition) is 4. The van der Waals surface area contributed by atoms with Crippen LogP contribution in [-0.4, -0.2) is 36.3 Å². The normalized spacial score (nSPS) is 19.7. The minimum atomic E-state index is -0.406. The van der Waals surface area contributed by atoms with Crippen LogP contribution in [0.4, 0.5) is 11.4 Å². The van der Waals surface area contributed by atoms with Crippen LogP contribution in [0, 0.1) is 0 Å². The van der Waals surface area contributed by atoms with Crippen LogP contribution in [0.2, 0.25) is 0 Å². The number of piperidine rings is 1. The van der Waals surface area contributed by atoms with Gasteiger partial charge in [0.2, 0.25) is 17.7 Å². The average molecular weight is 429 g/mol. The van der Waals surface area contributed by atoms with Gasteiger partial charge in [0.15, 0.2) is 0 Å². The van der Waals surface area contributed by atoms with Crippen molar-refractivity contribution in [3.05, 3.63) is 24.3 Å². The number of unbranched alkanes of at least 4 members (excludes halogenated alkanes) is 3. The summed E-state index contributed by atoms with van der Waals surface area (Å²) in [5.74, 6) is -0.484. The zero-order chi connectivity index (χ0) is 21.9. The molecule has 0 aromatic heterocycles. The topological polar surface area (TPSA) is 99.3 Å². The highest BCUT2D eigenvalue weighted by molar-refractivity contribution is 6.01. The maximum absolute atomic E-state index is 12.2. The largest absolute Gasteiger partial charge is 0.374 e. The minimum Gasteiger partial charge on any atom is -0.374 e. The van der Waals surface area contributed by atoms with Crippen molar-refractivity contribution in [2.45, 2.75) is 89.1 Å². The summed E-state index contributed by atoms with van der Waals surface area (Å²) < 4.78 is 0. The lowest BCUT2D eigenvalue weighted by molar-refractivity contribution is -0.133. The van der Waals surface area contributed by atoms with Crippen molar-refractivity contribution in [1.82, 2.24) is 10.6 Å². The third kappa shape index (κ3) is 8.32. The summed E-state index contributed by atoms with van der Waals surface area (Å²) in [5.41, 5.74) is 1.53. The highest BCUT2D eigenvalue weighted by atomic mass is 16.2. The van der Waals surface area contributed by atoms with Crippen LogP contribution in [0.3, 0.4) is 0 Å². The van der Waals surface area contributed by atoms with Crippen LogP contribution in [0.15, 0.2) is 24.3 Å². The quantitative estimate of drug-likeness (QED) is 0.318. The van der Waals surface area contributed by atoms with E-state index in [1.165, 1.54) is 38.5 Å². The summed E-state index contributed by atoms with van der Waals surface area (Å²) in [5, 5.41) is 12.1. The summed E-state index contributed by atoms with van der Waals surface area (Å²) in [6.45, 7) is 1.09. The molecular weight excluding hydrogens is 392 g/mol. The molecule has 31 heavy (non-hydrogen) atoms. The van der Waals surface area contributed by atoms with Gasteiger partial charge in [0.05, 0.1) is 0 Å². The van der Waals surface area contributed by atoms with Crippen molar-refractivity contribution in [2.75, 3.05) is 17.2 Å². The zero-order valence-electron chi connectivity index (χ0n) is 18.4. The van der Waals surface area contributed by atoms with Crippen LogP contribution < -0.4 is 21.3 Å². The van der Waals surface area contributed by atoms with E-state index >= 15 is 0 Å². The Kier molecular flexibility index (Phi) is 9.34. The van der Waals surface area contributed by atoms with Gasteiger partial charge in [-0.15, -0.1) is 0 Å². The van der Waals surface area contributed by atoms with Crippen molar-refractivity contribution >= 4 is 29.1 Å². The fourth-order valence-electron chi connectivity index (χ4n) is 4.28. The maximum Gasteiger partial charge on any atom is 0.249 e. The maximum atomic E-state index is 12.2. The molecule has 7 nitrogen and oxygen atoms in total. The van der Waals surface area contributed by atoms with Crippen molar-refractivity contribution in [2.24, 2.45) is 0 Å². The molecule has 1 saturated heterocycles. The Hall–Kier alpha value is -2.41. The van der Waals surface area contributed by atoms with E-state index in [0.717, 1.165) is 43.2 Å². The Morgan fingerprint density at radius 1 is 0.903 bits per heavy atom. The van der Waals surface area contributed by atoms with E-state index < -0.39 is 6.04 Å². The third-order valence-electron chi connectivity index (χ3n) is 6.12. The molecule has 1 heterocycles. The predicted molar refractivity (Wildman–Crippen MR) is 123 cm³/mol. The molecule has 4 N–H and O–H groups in total.